The van der Waals surface area contributed by atoms with E-state index in [9.17, 15) is 0 Å². The predicted octanol–water partition coefficient (Wildman–Crippen LogP) is 4.64. The summed E-state index contributed by atoms with van der Waals surface area (Å²) in [6.45, 7) is 0. The third-order valence-corrected chi connectivity index (χ3v) is 2.91. The van der Waals surface area contributed by atoms with Crippen LogP contribution in [0.3, 0.4) is 0 Å². The Balaban J connectivity index is 2.72. The summed E-state index contributed by atoms with van der Waals surface area (Å²) in [7, 11) is 0. The van der Waals surface area contributed by atoms with Crippen molar-refractivity contribution >= 4 is 46.4 Å². The fourth-order valence-electron chi connectivity index (χ4n) is 1.68. The Bertz CT molecular complexity index is 799. The van der Waals surface area contributed by atoms with Gasteiger partial charge in [0.2, 0.25) is 4.71 Å². The summed E-state index contributed by atoms with van der Waals surface area (Å²) in [5, 5.41) is 1.67. The van der Waals surface area contributed by atoms with Crippen molar-refractivity contribution in [2.45, 2.75) is 0 Å². The van der Waals surface area contributed by atoms with Crippen LogP contribution in [0.25, 0.3) is 21.9 Å². The first-order valence-electron chi connectivity index (χ1n) is 4.71. The third kappa shape index (κ3) is 1.38. The highest BCUT2D eigenvalue weighted by Gasteiger charge is 2.06. The van der Waals surface area contributed by atoms with Gasteiger partial charge < -0.3 is 8.83 Å². The summed E-state index contributed by atoms with van der Waals surface area (Å²) in [5.41, 5.74) is 1.41. The summed E-state index contributed by atoms with van der Waals surface area (Å²) in [6.07, 6.45) is 0. The molecule has 0 fully saturated rings. The molecule has 2 heterocycles. The van der Waals surface area contributed by atoms with Gasteiger partial charge in [0.25, 0.3) is 0 Å². The van der Waals surface area contributed by atoms with Gasteiger partial charge in [0, 0.05) is 0 Å². The molecule has 16 heavy (non-hydrogen) atoms. The first kappa shape index (κ1) is 9.69. The molecule has 3 rings (SSSR count). The summed E-state index contributed by atoms with van der Waals surface area (Å²) >= 11 is 10.2. The van der Waals surface area contributed by atoms with E-state index in [0.717, 1.165) is 10.8 Å². The first-order chi connectivity index (χ1) is 7.75. The molecule has 0 aliphatic heterocycles. The van der Waals surface area contributed by atoms with Crippen molar-refractivity contribution in [2.24, 2.45) is 0 Å². The minimum absolute atomic E-state index is 0.424. The molecule has 1 aromatic carbocycles. The lowest BCUT2D eigenvalue weighted by molar-refractivity contribution is 0.568. The van der Waals surface area contributed by atoms with Gasteiger partial charge in [-0.2, -0.15) is 0 Å². The predicted molar refractivity (Wildman–Crippen MR) is 67.7 cm³/mol. The van der Waals surface area contributed by atoms with Gasteiger partial charge in [-0.05, 0) is 48.7 Å². The molecule has 0 aliphatic rings. The molecule has 0 saturated heterocycles. The highest BCUT2D eigenvalue weighted by atomic mass is 32.1. The van der Waals surface area contributed by atoms with Gasteiger partial charge in [-0.15, -0.1) is 0 Å². The Kier molecular flexibility index (Phi) is 2.12. The number of benzene rings is 1. The Morgan fingerprint density at radius 2 is 1.62 bits per heavy atom. The fourth-order valence-corrected chi connectivity index (χ4v) is 2.08. The normalized spacial score (nSPS) is 11.0. The van der Waals surface area contributed by atoms with Gasteiger partial charge in [-0.25, -0.2) is 0 Å². The molecule has 0 amide bonds. The zero-order chi connectivity index (χ0) is 11.1. The molecule has 0 unspecified atom stereocenters. The molecule has 0 saturated carbocycles. The van der Waals surface area contributed by atoms with Crippen molar-refractivity contribution in [3.63, 3.8) is 0 Å². The average molecular weight is 246 g/mol. The third-order valence-electron chi connectivity index (χ3n) is 2.39. The molecule has 0 spiro atoms. The standard InChI is InChI=1S/C12H6O2S2/c15-10-6-5-8-11(14-10)7-3-1-2-4-9(7)13-12(8)16/h1-6H. The molecule has 0 aliphatic carbocycles. The van der Waals surface area contributed by atoms with Crippen molar-refractivity contribution in [3.8, 4) is 0 Å². The van der Waals surface area contributed by atoms with E-state index in [1.54, 1.807) is 6.07 Å². The number of hydrogen-bond acceptors (Lipinski definition) is 4. The van der Waals surface area contributed by atoms with Crippen LogP contribution in [-0.4, -0.2) is 0 Å². The molecule has 0 atom stereocenters. The average Bonchev–Trinajstić information content (AvgIpc) is 2.29. The van der Waals surface area contributed by atoms with Crippen LogP contribution in [0.4, 0.5) is 0 Å². The maximum absolute atomic E-state index is 5.54. The second-order valence-electron chi connectivity index (χ2n) is 3.38. The topological polar surface area (TPSA) is 26.3 Å². The van der Waals surface area contributed by atoms with E-state index in [4.69, 9.17) is 33.3 Å². The Labute approximate surface area is 101 Å². The molecular weight excluding hydrogens is 240 g/mol. The van der Waals surface area contributed by atoms with Gasteiger partial charge in [0.05, 0.1) is 10.8 Å². The van der Waals surface area contributed by atoms with Crippen molar-refractivity contribution in [1.82, 2.24) is 0 Å². The highest BCUT2D eigenvalue weighted by molar-refractivity contribution is 7.71. The van der Waals surface area contributed by atoms with Crippen LogP contribution in [0.15, 0.2) is 45.2 Å². The van der Waals surface area contributed by atoms with Crippen molar-refractivity contribution < 1.29 is 8.83 Å². The van der Waals surface area contributed by atoms with Crippen LogP contribution < -0.4 is 0 Å². The highest BCUT2D eigenvalue weighted by Crippen LogP contribution is 2.26. The van der Waals surface area contributed by atoms with Crippen molar-refractivity contribution in [1.29, 1.82) is 0 Å². The van der Waals surface area contributed by atoms with Crippen LogP contribution >= 0.6 is 24.4 Å². The monoisotopic (exact) mass is 246 g/mol. The smallest absolute Gasteiger partial charge is 0.201 e. The summed E-state index contributed by atoms with van der Waals surface area (Å²) in [6, 6.07) is 11.1. The van der Waals surface area contributed by atoms with Crippen molar-refractivity contribution in [2.75, 3.05) is 0 Å². The zero-order valence-electron chi connectivity index (χ0n) is 8.10. The lowest BCUT2D eigenvalue weighted by atomic mass is 10.2. The molecular formula is C12H6O2S2. The van der Waals surface area contributed by atoms with E-state index in [1.807, 2.05) is 30.3 Å². The van der Waals surface area contributed by atoms with Crippen LogP contribution in [-0.2, 0) is 0 Å². The van der Waals surface area contributed by atoms with E-state index in [0.29, 0.717) is 20.6 Å². The SMILES string of the molecule is S=c1ccc2c(=S)oc3ccccc3c2o1. The molecule has 3 aromatic rings. The second kappa shape index (κ2) is 3.50. The molecule has 4 heteroatoms. The van der Waals surface area contributed by atoms with Gasteiger partial charge in [-0.3, -0.25) is 0 Å². The lowest BCUT2D eigenvalue weighted by Gasteiger charge is -2.01. The number of hydrogen-bond donors (Lipinski definition) is 0. The van der Waals surface area contributed by atoms with E-state index >= 15 is 0 Å². The summed E-state index contributed by atoms with van der Waals surface area (Å²) < 4.78 is 11.9. The van der Waals surface area contributed by atoms with Gasteiger partial charge in [0.1, 0.15) is 5.58 Å². The molecule has 2 aromatic heterocycles. The van der Waals surface area contributed by atoms with E-state index < -0.39 is 0 Å². The first-order valence-corrected chi connectivity index (χ1v) is 5.53. The zero-order valence-corrected chi connectivity index (χ0v) is 9.73. The molecule has 0 N–H and O–H groups in total. The van der Waals surface area contributed by atoms with Crippen LogP contribution in [0.1, 0.15) is 0 Å². The molecule has 78 valence electrons. The van der Waals surface area contributed by atoms with Gasteiger partial charge in [-0.1, -0.05) is 12.1 Å². The Hall–Kier alpha value is -1.52. The van der Waals surface area contributed by atoms with Gasteiger partial charge >= 0.3 is 0 Å². The Morgan fingerprint density at radius 3 is 2.50 bits per heavy atom. The lowest BCUT2D eigenvalue weighted by Crippen LogP contribution is -1.78. The molecule has 2 nitrogen and oxygen atoms in total. The summed E-state index contributed by atoms with van der Waals surface area (Å²) in [5.74, 6) is 0. The molecule has 0 radical (unpaired) electrons. The van der Waals surface area contributed by atoms with Crippen LogP contribution in [0.2, 0.25) is 0 Å². The number of para-hydroxylation sites is 1. The maximum atomic E-state index is 5.54. The fraction of sp³-hybridized carbons (Fsp3) is 0. The molecule has 0 bridgehead atoms. The minimum atomic E-state index is 0.424. The van der Waals surface area contributed by atoms with E-state index in [1.165, 1.54) is 0 Å². The maximum Gasteiger partial charge on any atom is 0.201 e. The number of fused-ring (bicyclic) bond motifs is 3. The minimum Gasteiger partial charge on any atom is -0.444 e. The Morgan fingerprint density at radius 1 is 0.812 bits per heavy atom. The van der Waals surface area contributed by atoms with Crippen LogP contribution in [0, 0.1) is 9.41 Å². The van der Waals surface area contributed by atoms with E-state index in [-0.39, 0.29) is 0 Å². The number of rotatable bonds is 0. The van der Waals surface area contributed by atoms with Gasteiger partial charge in [0.15, 0.2) is 10.3 Å². The summed E-state index contributed by atoms with van der Waals surface area (Å²) in [4.78, 5) is 0. The van der Waals surface area contributed by atoms with Crippen molar-refractivity contribution in [3.05, 3.63) is 45.8 Å². The van der Waals surface area contributed by atoms with E-state index in [2.05, 4.69) is 0 Å². The van der Waals surface area contributed by atoms with Crippen LogP contribution in [0.5, 0.6) is 0 Å². The largest absolute Gasteiger partial charge is 0.444 e. The second-order valence-corrected chi connectivity index (χ2v) is 4.16. The quantitative estimate of drug-likeness (QED) is 0.426.